The van der Waals surface area contributed by atoms with Crippen molar-refractivity contribution in [2.75, 3.05) is 32.7 Å². The molecule has 2 heterocycles. The summed E-state index contributed by atoms with van der Waals surface area (Å²) in [5.74, 6) is 0. The molecule has 0 saturated carbocycles. The first-order valence-electron chi connectivity index (χ1n) is 9.78. The second kappa shape index (κ2) is 7.91. The number of carboxylic acid groups (broad SMARTS) is 1. The quantitative estimate of drug-likeness (QED) is 0.830. The van der Waals surface area contributed by atoms with E-state index in [1.807, 2.05) is 36.4 Å². The molecule has 2 saturated heterocycles. The topological polar surface area (TPSA) is 67.2 Å². The minimum Gasteiger partial charge on any atom is -0.465 e. The number of likely N-dealkylation sites (tertiary alicyclic amines) is 1. The van der Waals surface area contributed by atoms with Gasteiger partial charge in [0.1, 0.15) is 5.60 Å². The number of carbonyl (C=O) groups is 1. The van der Waals surface area contributed by atoms with Gasteiger partial charge in [-0.3, -0.25) is 9.80 Å². The lowest BCUT2D eigenvalue weighted by molar-refractivity contribution is -0.153. The van der Waals surface area contributed by atoms with Gasteiger partial charge in [-0.1, -0.05) is 60.7 Å². The molecule has 2 aromatic rings. The Bertz CT molecular complexity index is 793. The van der Waals surface area contributed by atoms with Crippen LogP contribution in [0.4, 0.5) is 4.79 Å². The number of benzene rings is 2. The summed E-state index contributed by atoms with van der Waals surface area (Å²) in [5, 5.41) is 20.4. The fourth-order valence-corrected chi connectivity index (χ4v) is 4.34. The number of hydrogen-bond donors (Lipinski definition) is 2. The van der Waals surface area contributed by atoms with Gasteiger partial charge in [-0.05, 0) is 11.1 Å². The van der Waals surface area contributed by atoms with Crippen molar-refractivity contribution in [1.82, 2.24) is 14.7 Å². The third kappa shape index (κ3) is 4.04. The predicted octanol–water partition coefficient (Wildman–Crippen LogP) is 2.10. The maximum absolute atomic E-state index is 11.2. The number of hydrogen-bond acceptors (Lipinski definition) is 4. The summed E-state index contributed by atoms with van der Waals surface area (Å²) in [6.07, 6.45) is -0.962. The summed E-state index contributed by atoms with van der Waals surface area (Å²) in [6, 6.07) is 20.5. The van der Waals surface area contributed by atoms with Gasteiger partial charge in [0.2, 0.25) is 0 Å². The molecule has 2 N–H and O–H groups in total. The van der Waals surface area contributed by atoms with E-state index in [0.717, 1.165) is 32.7 Å². The van der Waals surface area contributed by atoms with Gasteiger partial charge in [0.15, 0.2) is 0 Å². The van der Waals surface area contributed by atoms with Crippen molar-refractivity contribution < 1.29 is 15.0 Å². The van der Waals surface area contributed by atoms with Gasteiger partial charge in [-0.2, -0.15) is 0 Å². The van der Waals surface area contributed by atoms with Crippen molar-refractivity contribution in [1.29, 1.82) is 0 Å². The van der Waals surface area contributed by atoms with E-state index in [9.17, 15) is 15.0 Å². The van der Waals surface area contributed by atoms with Crippen LogP contribution in [0.1, 0.15) is 11.1 Å². The number of aliphatic hydroxyl groups is 1. The molecule has 0 bridgehead atoms. The summed E-state index contributed by atoms with van der Waals surface area (Å²) >= 11 is 0. The molecule has 0 spiro atoms. The molecular weight excluding hydrogens is 354 g/mol. The largest absolute Gasteiger partial charge is 0.465 e. The van der Waals surface area contributed by atoms with Crippen LogP contribution in [-0.2, 0) is 13.1 Å². The van der Waals surface area contributed by atoms with Crippen molar-refractivity contribution >= 4 is 6.09 Å². The predicted molar refractivity (Wildman–Crippen MR) is 107 cm³/mol. The Hall–Kier alpha value is -2.41. The van der Waals surface area contributed by atoms with Crippen LogP contribution in [0, 0.1) is 0 Å². The summed E-state index contributed by atoms with van der Waals surface area (Å²) in [5.41, 5.74) is 1.47. The molecule has 6 nitrogen and oxygen atoms in total. The molecule has 0 radical (unpaired) electrons. The van der Waals surface area contributed by atoms with Crippen LogP contribution in [0.25, 0.3) is 0 Å². The Morgan fingerprint density at radius 3 is 2.07 bits per heavy atom. The number of β-amino-alcohol motifs (C(OH)–C–C–N with tert-alkyl or cyclic N) is 1. The number of rotatable bonds is 5. The van der Waals surface area contributed by atoms with E-state index < -0.39 is 11.7 Å². The molecule has 6 heteroatoms. The van der Waals surface area contributed by atoms with Gasteiger partial charge in [0.05, 0.1) is 19.1 Å². The Morgan fingerprint density at radius 2 is 1.50 bits per heavy atom. The molecule has 2 aromatic carbocycles. The maximum atomic E-state index is 11.2. The van der Waals surface area contributed by atoms with Crippen LogP contribution in [-0.4, -0.2) is 75.4 Å². The van der Waals surface area contributed by atoms with Crippen LogP contribution in [0.5, 0.6) is 0 Å². The van der Waals surface area contributed by atoms with E-state index >= 15 is 0 Å². The summed E-state index contributed by atoms with van der Waals surface area (Å²) < 4.78 is 0. The molecule has 148 valence electrons. The Balaban J connectivity index is 1.49. The van der Waals surface area contributed by atoms with E-state index in [4.69, 9.17) is 0 Å². The van der Waals surface area contributed by atoms with E-state index in [1.165, 1.54) is 16.0 Å². The summed E-state index contributed by atoms with van der Waals surface area (Å²) in [6.45, 7) is 4.47. The van der Waals surface area contributed by atoms with Crippen LogP contribution in [0.3, 0.4) is 0 Å². The molecule has 0 aliphatic carbocycles. The van der Waals surface area contributed by atoms with Gasteiger partial charge in [0, 0.05) is 32.7 Å². The van der Waals surface area contributed by atoms with Crippen LogP contribution in [0.15, 0.2) is 60.7 Å². The lowest BCUT2D eigenvalue weighted by Gasteiger charge is -2.55. The summed E-state index contributed by atoms with van der Waals surface area (Å²) in [7, 11) is 0. The van der Waals surface area contributed by atoms with Gasteiger partial charge in [-0.15, -0.1) is 0 Å². The number of amides is 1. The highest BCUT2D eigenvalue weighted by Gasteiger charge is 2.52. The van der Waals surface area contributed by atoms with E-state index in [0.29, 0.717) is 0 Å². The van der Waals surface area contributed by atoms with Gasteiger partial charge in [-0.25, -0.2) is 4.79 Å². The molecule has 1 atom stereocenters. The van der Waals surface area contributed by atoms with Crippen molar-refractivity contribution in [2.24, 2.45) is 0 Å². The fraction of sp³-hybridized carbons (Fsp3) is 0.409. The van der Waals surface area contributed by atoms with Crippen molar-refractivity contribution in [3.8, 4) is 0 Å². The smallest absolute Gasteiger partial charge is 0.407 e. The summed E-state index contributed by atoms with van der Waals surface area (Å²) in [4.78, 5) is 17.2. The second-order valence-corrected chi connectivity index (χ2v) is 7.93. The maximum Gasteiger partial charge on any atom is 0.407 e. The highest BCUT2D eigenvalue weighted by Crippen LogP contribution is 2.31. The molecule has 2 fully saturated rings. The average Bonchev–Trinajstić information content (AvgIpc) is 2.68. The minimum atomic E-state index is -0.997. The van der Waals surface area contributed by atoms with Crippen molar-refractivity contribution in [3.63, 3.8) is 0 Å². The first-order valence-corrected chi connectivity index (χ1v) is 9.78. The molecular formula is C22H27N3O3. The van der Waals surface area contributed by atoms with Crippen molar-refractivity contribution in [2.45, 2.75) is 24.7 Å². The second-order valence-electron chi connectivity index (χ2n) is 7.93. The number of piperazine rings is 1. The molecule has 4 rings (SSSR count). The Labute approximate surface area is 165 Å². The first-order chi connectivity index (χ1) is 13.5. The minimum absolute atomic E-state index is 0.0965. The number of nitrogens with zero attached hydrogens (tertiary/aromatic N) is 3. The molecule has 1 amide bonds. The van der Waals surface area contributed by atoms with Gasteiger partial charge >= 0.3 is 6.09 Å². The Morgan fingerprint density at radius 1 is 0.929 bits per heavy atom. The lowest BCUT2D eigenvalue weighted by atomic mass is 9.83. The van der Waals surface area contributed by atoms with Crippen molar-refractivity contribution in [3.05, 3.63) is 71.8 Å². The molecule has 0 aromatic heterocycles. The normalized spacial score (nSPS) is 22.6. The monoisotopic (exact) mass is 381 g/mol. The van der Waals surface area contributed by atoms with Gasteiger partial charge < -0.3 is 15.1 Å². The third-order valence-electron chi connectivity index (χ3n) is 5.87. The third-order valence-corrected chi connectivity index (χ3v) is 5.87. The fourth-order valence-electron chi connectivity index (χ4n) is 4.34. The SMILES string of the molecule is O=C(O)N1CC(O)(C2CN(Cc3ccccc3)CCN2Cc2ccccc2)C1. The molecule has 1 unspecified atom stereocenters. The highest BCUT2D eigenvalue weighted by molar-refractivity contribution is 5.66. The zero-order chi connectivity index (χ0) is 19.6. The van der Waals surface area contributed by atoms with Crippen LogP contribution in [0.2, 0.25) is 0 Å². The Kier molecular flexibility index (Phi) is 5.35. The average molecular weight is 381 g/mol. The molecule has 2 aliphatic heterocycles. The molecule has 2 aliphatic rings. The zero-order valence-electron chi connectivity index (χ0n) is 15.9. The van der Waals surface area contributed by atoms with Crippen LogP contribution >= 0.6 is 0 Å². The highest BCUT2D eigenvalue weighted by atomic mass is 16.4. The standard InChI is InChI=1S/C22H27N3O3/c26-21(27)25-16-22(28,17-25)20-15-23(13-18-7-3-1-4-8-18)11-12-24(20)14-19-9-5-2-6-10-19/h1-10,20,28H,11-17H2,(H,26,27). The first kappa shape index (κ1) is 18.9. The lowest BCUT2D eigenvalue weighted by Crippen LogP contribution is -2.75. The van der Waals surface area contributed by atoms with Gasteiger partial charge in [0.25, 0.3) is 0 Å². The zero-order valence-corrected chi connectivity index (χ0v) is 15.9. The van der Waals surface area contributed by atoms with E-state index in [2.05, 4.69) is 34.1 Å². The molecule has 28 heavy (non-hydrogen) atoms. The van der Waals surface area contributed by atoms with E-state index in [1.54, 1.807) is 0 Å². The van der Waals surface area contributed by atoms with Crippen LogP contribution < -0.4 is 0 Å². The van der Waals surface area contributed by atoms with E-state index in [-0.39, 0.29) is 19.1 Å².